The number of carbonyl (C=O) groups excluding carboxylic acids is 2. The average molecular weight is 457 g/mol. The van der Waals surface area contributed by atoms with Crippen molar-refractivity contribution >= 4 is 51.2 Å². The van der Waals surface area contributed by atoms with Gasteiger partial charge in [-0.1, -0.05) is 54.1 Å². The first-order valence-electron chi connectivity index (χ1n) is 8.29. The molecule has 3 rings (SSSR count). The maximum absolute atomic E-state index is 12.5. The summed E-state index contributed by atoms with van der Waals surface area (Å²) < 4.78 is 0.666. The maximum Gasteiger partial charge on any atom is 0.273 e. The van der Waals surface area contributed by atoms with Crippen LogP contribution in [0.3, 0.4) is 0 Å². The quantitative estimate of drug-likeness (QED) is 0.413. The highest BCUT2D eigenvalue weighted by atomic mass is 79.9. The predicted octanol–water partition coefficient (Wildman–Crippen LogP) is 5.12. The van der Waals surface area contributed by atoms with Gasteiger partial charge in [-0.15, -0.1) is 0 Å². The number of carbonyl (C=O) groups is 2. The molecule has 0 atom stereocenters. The Morgan fingerprint density at radius 1 is 0.857 bits per heavy atom. The highest BCUT2D eigenvalue weighted by Gasteiger charge is 2.15. The lowest BCUT2D eigenvalue weighted by molar-refractivity contribution is 0.0956. The Labute approximate surface area is 175 Å². The van der Waals surface area contributed by atoms with Gasteiger partial charge in [-0.25, -0.2) is 5.43 Å². The van der Waals surface area contributed by atoms with Crippen LogP contribution in [0, 0.1) is 0 Å². The minimum atomic E-state index is -0.452. The number of amides is 2. The molecule has 0 aliphatic rings. The van der Waals surface area contributed by atoms with Crippen molar-refractivity contribution in [1.29, 1.82) is 0 Å². The second-order valence-electron chi connectivity index (χ2n) is 5.70. The molecular weight excluding hydrogens is 442 g/mol. The number of para-hydroxylation sites is 1. The number of anilines is 1. The molecule has 0 saturated heterocycles. The van der Waals surface area contributed by atoms with E-state index in [1.165, 1.54) is 6.21 Å². The first-order valence-corrected chi connectivity index (χ1v) is 9.46. The zero-order chi connectivity index (χ0) is 19.9. The second kappa shape index (κ2) is 9.30. The maximum atomic E-state index is 12.5. The molecule has 3 aromatic rings. The molecule has 0 aliphatic carbocycles. The Morgan fingerprint density at radius 2 is 1.50 bits per heavy atom. The Kier molecular flexibility index (Phi) is 6.57. The number of nitrogens with one attached hydrogen (secondary N) is 2. The molecule has 0 aliphatic heterocycles. The molecule has 0 unspecified atom stereocenters. The number of nitrogens with zero attached hydrogens (tertiary/aromatic N) is 1. The van der Waals surface area contributed by atoms with E-state index in [2.05, 4.69) is 31.8 Å². The van der Waals surface area contributed by atoms with Gasteiger partial charge in [0, 0.05) is 15.1 Å². The molecule has 0 aromatic heterocycles. The monoisotopic (exact) mass is 455 g/mol. The molecule has 0 bridgehead atoms. The van der Waals surface area contributed by atoms with Crippen molar-refractivity contribution in [2.24, 2.45) is 5.10 Å². The molecule has 0 heterocycles. The van der Waals surface area contributed by atoms with Crippen LogP contribution in [0.15, 0.2) is 82.4 Å². The lowest BCUT2D eigenvalue weighted by Gasteiger charge is -2.10. The van der Waals surface area contributed by atoms with E-state index in [1.54, 1.807) is 54.6 Å². The van der Waals surface area contributed by atoms with Gasteiger partial charge in [0.2, 0.25) is 0 Å². The van der Waals surface area contributed by atoms with Gasteiger partial charge in [-0.05, 0) is 46.3 Å². The summed E-state index contributed by atoms with van der Waals surface area (Å²) in [5, 5.41) is 7.23. The predicted molar refractivity (Wildman–Crippen MR) is 115 cm³/mol. The lowest BCUT2D eigenvalue weighted by Crippen LogP contribution is -2.21. The van der Waals surface area contributed by atoms with Crippen molar-refractivity contribution in [3.63, 3.8) is 0 Å². The van der Waals surface area contributed by atoms with E-state index in [1.807, 2.05) is 18.2 Å². The molecule has 7 heteroatoms. The molecular formula is C21H15BrClN3O2. The van der Waals surface area contributed by atoms with Crippen LogP contribution in [0.4, 0.5) is 5.69 Å². The SMILES string of the molecule is O=C(Nc1ccccc1C(=O)N/N=C\c1ccccc1Cl)c1ccccc1Br. The molecule has 3 aromatic carbocycles. The van der Waals surface area contributed by atoms with Gasteiger partial charge in [0.15, 0.2) is 0 Å². The van der Waals surface area contributed by atoms with Crippen LogP contribution >= 0.6 is 27.5 Å². The fourth-order valence-corrected chi connectivity index (χ4v) is 3.07. The van der Waals surface area contributed by atoms with Crippen molar-refractivity contribution < 1.29 is 9.59 Å². The normalized spacial score (nSPS) is 10.6. The fourth-order valence-electron chi connectivity index (χ4n) is 2.43. The van der Waals surface area contributed by atoms with E-state index in [0.717, 1.165) is 0 Å². The van der Waals surface area contributed by atoms with Crippen LogP contribution in [0.5, 0.6) is 0 Å². The smallest absolute Gasteiger partial charge is 0.273 e. The molecule has 140 valence electrons. The highest BCUT2D eigenvalue weighted by Crippen LogP contribution is 2.20. The van der Waals surface area contributed by atoms with Gasteiger partial charge in [0.1, 0.15) is 0 Å². The third-order valence-corrected chi connectivity index (χ3v) is 4.85. The van der Waals surface area contributed by atoms with Crippen LogP contribution in [0.25, 0.3) is 0 Å². The van der Waals surface area contributed by atoms with Crippen LogP contribution in [-0.4, -0.2) is 18.0 Å². The van der Waals surface area contributed by atoms with Crippen LogP contribution in [0.1, 0.15) is 26.3 Å². The van der Waals surface area contributed by atoms with Crippen molar-refractivity contribution in [3.05, 3.63) is 99.0 Å². The Morgan fingerprint density at radius 3 is 2.25 bits per heavy atom. The molecule has 0 radical (unpaired) electrons. The van der Waals surface area contributed by atoms with Crippen molar-refractivity contribution in [1.82, 2.24) is 5.43 Å². The number of hydrogen-bond acceptors (Lipinski definition) is 3. The first-order chi connectivity index (χ1) is 13.6. The molecule has 2 amide bonds. The van der Waals surface area contributed by atoms with E-state index in [4.69, 9.17) is 11.6 Å². The minimum absolute atomic E-state index is 0.291. The summed E-state index contributed by atoms with van der Waals surface area (Å²) in [6.07, 6.45) is 1.46. The van der Waals surface area contributed by atoms with Crippen LogP contribution < -0.4 is 10.7 Å². The van der Waals surface area contributed by atoms with Crippen molar-refractivity contribution in [2.45, 2.75) is 0 Å². The summed E-state index contributed by atoms with van der Waals surface area (Å²) in [5.74, 6) is -0.779. The summed E-state index contributed by atoms with van der Waals surface area (Å²) >= 11 is 9.40. The number of hydrazone groups is 1. The van der Waals surface area contributed by atoms with E-state index in [0.29, 0.717) is 31.9 Å². The number of halogens is 2. The second-order valence-corrected chi connectivity index (χ2v) is 6.96. The van der Waals surface area contributed by atoms with E-state index in [9.17, 15) is 9.59 Å². The average Bonchev–Trinajstić information content (AvgIpc) is 2.70. The van der Waals surface area contributed by atoms with Crippen molar-refractivity contribution in [2.75, 3.05) is 5.32 Å². The van der Waals surface area contributed by atoms with Gasteiger partial charge in [-0.3, -0.25) is 9.59 Å². The van der Waals surface area contributed by atoms with Crippen molar-refractivity contribution in [3.8, 4) is 0 Å². The summed E-state index contributed by atoms with van der Waals surface area (Å²) in [5.41, 5.74) is 4.27. The Bertz CT molecular complexity index is 1050. The van der Waals surface area contributed by atoms with Gasteiger partial charge in [0.25, 0.3) is 11.8 Å². The summed E-state index contributed by atoms with van der Waals surface area (Å²) in [6, 6.07) is 20.9. The van der Waals surface area contributed by atoms with Gasteiger partial charge in [-0.2, -0.15) is 5.10 Å². The van der Waals surface area contributed by atoms with E-state index in [-0.39, 0.29) is 5.91 Å². The van der Waals surface area contributed by atoms with E-state index >= 15 is 0 Å². The van der Waals surface area contributed by atoms with Gasteiger partial charge < -0.3 is 5.32 Å². The zero-order valence-corrected chi connectivity index (χ0v) is 16.9. The largest absolute Gasteiger partial charge is 0.321 e. The zero-order valence-electron chi connectivity index (χ0n) is 14.5. The molecule has 28 heavy (non-hydrogen) atoms. The molecule has 2 N–H and O–H groups in total. The number of rotatable bonds is 5. The fraction of sp³-hybridized carbons (Fsp3) is 0. The summed E-state index contributed by atoms with van der Waals surface area (Å²) in [7, 11) is 0. The summed E-state index contributed by atoms with van der Waals surface area (Å²) in [6.45, 7) is 0. The van der Waals surface area contributed by atoms with E-state index < -0.39 is 5.91 Å². The topological polar surface area (TPSA) is 70.6 Å². The Hall–Kier alpha value is -2.96. The minimum Gasteiger partial charge on any atom is -0.321 e. The highest BCUT2D eigenvalue weighted by molar-refractivity contribution is 9.10. The molecule has 5 nitrogen and oxygen atoms in total. The summed E-state index contributed by atoms with van der Waals surface area (Å²) in [4.78, 5) is 25.0. The van der Waals surface area contributed by atoms with Gasteiger partial charge >= 0.3 is 0 Å². The standard InChI is InChI=1S/C21H15BrClN3O2/c22-17-10-4-2-8-15(17)20(27)25-19-12-6-3-9-16(19)21(28)26-24-13-14-7-1-5-11-18(14)23/h1-13H,(H,25,27)(H,26,28)/b24-13-. The third kappa shape index (κ3) is 4.85. The number of benzene rings is 3. The Balaban J connectivity index is 1.74. The third-order valence-electron chi connectivity index (χ3n) is 3.81. The van der Waals surface area contributed by atoms with Crippen LogP contribution in [0.2, 0.25) is 5.02 Å². The lowest BCUT2D eigenvalue weighted by atomic mass is 10.1. The van der Waals surface area contributed by atoms with Gasteiger partial charge in [0.05, 0.1) is 23.0 Å². The first kappa shape index (κ1) is 19.8. The molecule has 0 spiro atoms. The van der Waals surface area contributed by atoms with Crippen LogP contribution in [-0.2, 0) is 0 Å². The molecule has 0 saturated carbocycles. The number of hydrogen-bond donors (Lipinski definition) is 2. The molecule has 0 fully saturated rings.